The highest BCUT2D eigenvalue weighted by atomic mass is 19.4. The average Bonchev–Trinajstić information content (AvgIpc) is 2.43. The topological polar surface area (TPSA) is 76.5 Å². The number of aryl methyl sites for hydroxylation is 1. The summed E-state index contributed by atoms with van der Waals surface area (Å²) in [6, 6.07) is 0. The van der Waals surface area contributed by atoms with E-state index < -0.39 is 29.4 Å². The van der Waals surface area contributed by atoms with Gasteiger partial charge >= 0.3 is 18.1 Å². The van der Waals surface area contributed by atoms with E-state index in [0.29, 0.717) is 0 Å². The molecule has 0 aliphatic carbocycles. The fourth-order valence-electron chi connectivity index (χ4n) is 2.34. The van der Waals surface area contributed by atoms with E-state index >= 15 is 0 Å². The third-order valence-corrected chi connectivity index (χ3v) is 3.19. The van der Waals surface area contributed by atoms with Gasteiger partial charge in [-0.3, -0.25) is 0 Å². The Bertz CT molecular complexity index is 624. The molecule has 0 fully saturated rings. The molecule has 0 aromatic carbocycles. The summed E-state index contributed by atoms with van der Waals surface area (Å²) in [5.74, 6) is -2.82. The Balaban J connectivity index is 3.95. The molecule has 1 N–H and O–H groups in total. The number of ether oxygens (including phenoxy) is 1. The molecule has 1 heterocycles. The predicted octanol–water partition coefficient (Wildman–Crippen LogP) is 3.35. The quantitative estimate of drug-likeness (QED) is 0.836. The third-order valence-electron chi connectivity index (χ3n) is 3.19. The molecular weight excluding hydrogens is 315 g/mol. The summed E-state index contributed by atoms with van der Waals surface area (Å²) in [6.07, 6.45) is -4.90. The van der Waals surface area contributed by atoms with Gasteiger partial charge in [-0.25, -0.2) is 14.6 Å². The molecule has 0 spiro atoms. The number of carboxylic acids is 1. The molecule has 0 atom stereocenters. The Hall–Kier alpha value is -2.12. The molecule has 128 valence electrons. The van der Waals surface area contributed by atoms with Crippen LogP contribution in [0.15, 0.2) is 0 Å². The molecular formula is C15H18F3NO4. The van der Waals surface area contributed by atoms with E-state index in [1.807, 2.05) is 0 Å². The highest BCUT2D eigenvalue weighted by molar-refractivity contribution is 5.99. The fourth-order valence-corrected chi connectivity index (χ4v) is 2.34. The molecule has 0 saturated carbocycles. The fraction of sp³-hybridized carbons (Fsp3) is 0.533. The van der Waals surface area contributed by atoms with E-state index in [2.05, 4.69) is 9.72 Å². The van der Waals surface area contributed by atoms with Crippen LogP contribution in [-0.2, 0) is 23.8 Å². The Morgan fingerprint density at radius 2 is 1.83 bits per heavy atom. The number of aromatic nitrogens is 1. The summed E-state index contributed by atoms with van der Waals surface area (Å²) in [5, 5.41) is 9.39. The number of alkyl halides is 3. The molecule has 0 bridgehead atoms. The van der Waals surface area contributed by atoms with Crippen molar-refractivity contribution in [2.75, 3.05) is 7.11 Å². The average molecular weight is 333 g/mol. The van der Waals surface area contributed by atoms with Gasteiger partial charge in [0.15, 0.2) is 5.69 Å². The van der Waals surface area contributed by atoms with Crippen molar-refractivity contribution in [2.45, 2.75) is 39.8 Å². The van der Waals surface area contributed by atoms with Crippen LogP contribution in [0.5, 0.6) is 0 Å². The lowest BCUT2D eigenvalue weighted by Gasteiger charge is -2.20. The number of carbonyl (C=O) groups excluding carboxylic acids is 1. The maximum absolute atomic E-state index is 13.3. The Labute approximate surface area is 131 Å². The van der Waals surface area contributed by atoms with Gasteiger partial charge in [-0.05, 0) is 24.3 Å². The zero-order valence-corrected chi connectivity index (χ0v) is 13.2. The van der Waals surface area contributed by atoms with Crippen molar-refractivity contribution in [1.82, 2.24) is 4.98 Å². The Kier molecular flexibility index (Phi) is 5.74. The van der Waals surface area contributed by atoms with E-state index in [1.54, 1.807) is 13.8 Å². The molecule has 1 aromatic heterocycles. The van der Waals surface area contributed by atoms with Crippen molar-refractivity contribution < 1.29 is 32.6 Å². The van der Waals surface area contributed by atoms with Crippen LogP contribution in [0.2, 0.25) is 0 Å². The molecule has 0 saturated heterocycles. The number of hydrogen-bond donors (Lipinski definition) is 1. The third kappa shape index (κ3) is 4.00. The lowest BCUT2D eigenvalue weighted by Crippen LogP contribution is -2.24. The molecule has 23 heavy (non-hydrogen) atoms. The Morgan fingerprint density at radius 1 is 1.26 bits per heavy atom. The van der Waals surface area contributed by atoms with Gasteiger partial charge in [0.25, 0.3) is 0 Å². The Morgan fingerprint density at radius 3 is 2.17 bits per heavy atom. The first-order valence-corrected chi connectivity index (χ1v) is 6.99. The number of aromatic carboxylic acids is 1. The number of pyridine rings is 1. The summed E-state index contributed by atoms with van der Waals surface area (Å²) in [4.78, 5) is 26.9. The molecule has 1 rings (SSSR count). The van der Waals surface area contributed by atoms with Gasteiger partial charge in [0.05, 0.1) is 23.9 Å². The minimum Gasteiger partial charge on any atom is -0.478 e. The van der Waals surface area contributed by atoms with Crippen molar-refractivity contribution in [3.63, 3.8) is 0 Å². The number of carbonyl (C=O) groups is 2. The van der Waals surface area contributed by atoms with Gasteiger partial charge in [0.2, 0.25) is 0 Å². The maximum atomic E-state index is 13.3. The molecule has 0 aliphatic heterocycles. The first-order valence-electron chi connectivity index (χ1n) is 6.99. The summed E-state index contributed by atoms with van der Waals surface area (Å²) in [6.45, 7) is 4.93. The van der Waals surface area contributed by atoms with Gasteiger partial charge < -0.3 is 9.84 Å². The van der Waals surface area contributed by atoms with E-state index in [4.69, 9.17) is 0 Å². The number of nitrogens with zero attached hydrogens (tertiary/aromatic N) is 1. The van der Waals surface area contributed by atoms with Crippen LogP contribution in [0.4, 0.5) is 13.2 Å². The van der Waals surface area contributed by atoms with E-state index in [-0.39, 0.29) is 35.6 Å². The summed E-state index contributed by atoms with van der Waals surface area (Å²) < 4.78 is 44.3. The lowest BCUT2D eigenvalue weighted by molar-refractivity contribution is -0.141. The highest BCUT2D eigenvalue weighted by Gasteiger charge is 2.41. The number of halogens is 3. The minimum atomic E-state index is -4.89. The smallest absolute Gasteiger partial charge is 0.434 e. The second-order valence-corrected chi connectivity index (χ2v) is 5.38. The number of esters is 1. The van der Waals surface area contributed by atoms with E-state index in [0.717, 1.165) is 7.11 Å². The second-order valence-electron chi connectivity index (χ2n) is 5.38. The molecule has 8 heteroatoms. The van der Waals surface area contributed by atoms with Crippen molar-refractivity contribution in [1.29, 1.82) is 0 Å². The van der Waals surface area contributed by atoms with Crippen molar-refractivity contribution in [3.8, 4) is 0 Å². The van der Waals surface area contributed by atoms with Crippen molar-refractivity contribution in [3.05, 3.63) is 28.1 Å². The molecule has 5 nitrogen and oxygen atoms in total. The molecule has 0 aliphatic rings. The highest BCUT2D eigenvalue weighted by Crippen LogP contribution is 2.35. The molecule has 1 aromatic rings. The van der Waals surface area contributed by atoms with Crippen LogP contribution < -0.4 is 0 Å². The number of carboxylic acid groups (broad SMARTS) is 1. The number of hydrogen-bond acceptors (Lipinski definition) is 4. The largest absolute Gasteiger partial charge is 0.478 e. The minimum absolute atomic E-state index is 0.00272. The van der Waals surface area contributed by atoms with E-state index in [9.17, 15) is 27.9 Å². The van der Waals surface area contributed by atoms with Crippen molar-refractivity contribution in [2.24, 2.45) is 5.92 Å². The van der Waals surface area contributed by atoms with Gasteiger partial charge in [0, 0.05) is 0 Å². The van der Waals surface area contributed by atoms with Crippen LogP contribution in [0, 0.1) is 5.92 Å². The molecule has 0 unspecified atom stereocenters. The SMILES string of the molecule is CCc1nc(C(F)(F)F)c(C(=O)OC)c(CC(C)C)c1C(=O)O. The number of rotatable bonds is 5. The molecule has 0 radical (unpaired) electrons. The van der Waals surface area contributed by atoms with Gasteiger partial charge in [-0.2, -0.15) is 13.2 Å². The summed E-state index contributed by atoms with van der Waals surface area (Å²) in [5.41, 5.74) is -2.95. The van der Waals surface area contributed by atoms with Gasteiger partial charge in [0.1, 0.15) is 0 Å². The van der Waals surface area contributed by atoms with E-state index in [1.165, 1.54) is 6.92 Å². The van der Waals surface area contributed by atoms with Crippen LogP contribution in [-0.4, -0.2) is 29.1 Å². The lowest BCUT2D eigenvalue weighted by atomic mass is 9.90. The summed E-state index contributed by atoms with van der Waals surface area (Å²) >= 11 is 0. The van der Waals surface area contributed by atoms with Crippen LogP contribution in [0.25, 0.3) is 0 Å². The van der Waals surface area contributed by atoms with Crippen LogP contribution in [0.1, 0.15) is 58.4 Å². The zero-order valence-electron chi connectivity index (χ0n) is 13.2. The molecule has 0 amide bonds. The van der Waals surface area contributed by atoms with Crippen molar-refractivity contribution >= 4 is 11.9 Å². The summed E-state index contributed by atoms with van der Waals surface area (Å²) in [7, 11) is 0.940. The second kappa shape index (κ2) is 6.97. The van der Waals surface area contributed by atoms with Crippen LogP contribution >= 0.6 is 0 Å². The first-order chi connectivity index (χ1) is 10.5. The zero-order chi connectivity index (χ0) is 17.9. The first kappa shape index (κ1) is 18.9. The standard InChI is InChI=1S/C15H18F3NO4/c1-5-9-10(13(20)21)8(6-7(2)3)11(14(22)23-4)12(19-9)15(16,17)18/h7H,5-6H2,1-4H3,(H,20,21). The maximum Gasteiger partial charge on any atom is 0.434 e. The monoisotopic (exact) mass is 333 g/mol. The van der Waals surface area contributed by atoms with Gasteiger partial charge in [-0.15, -0.1) is 0 Å². The number of methoxy groups -OCH3 is 1. The van der Waals surface area contributed by atoms with Gasteiger partial charge in [-0.1, -0.05) is 20.8 Å². The van der Waals surface area contributed by atoms with Crippen LogP contribution in [0.3, 0.4) is 0 Å². The normalized spacial score (nSPS) is 11.7. The predicted molar refractivity (Wildman–Crippen MR) is 75.5 cm³/mol.